The monoisotopic (exact) mass is 349 g/mol. The van der Waals surface area contributed by atoms with E-state index in [1.54, 1.807) is 0 Å². The minimum Gasteiger partial charge on any atom is -0.350 e. The second-order valence-electron chi connectivity index (χ2n) is 6.70. The Morgan fingerprint density at radius 1 is 0.741 bits per heavy atom. The quantitative estimate of drug-likeness (QED) is 0.410. The fourth-order valence-corrected chi connectivity index (χ4v) is 3.63. The fraction of sp³-hybridized carbons (Fsp3) is 0.0417. The summed E-state index contributed by atoms with van der Waals surface area (Å²) in [7, 11) is 2.09. The van der Waals surface area contributed by atoms with E-state index in [1.165, 1.54) is 16.5 Å². The SMILES string of the molecule is Cn1cc(-c2cc(-c3ccccc3)nn2-c2ccccc2)c2ccccc21. The van der Waals surface area contributed by atoms with Crippen molar-refractivity contribution in [2.45, 2.75) is 0 Å². The van der Waals surface area contributed by atoms with Crippen molar-refractivity contribution < 1.29 is 0 Å². The molecule has 0 saturated carbocycles. The number of nitrogens with zero attached hydrogens (tertiary/aromatic N) is 3. The van der Waals surface area contributed by atoms with Crippen LogP contribution in [0.3, 0.4) is 0 Å². The Morgan fingerprint density at radius 3 is 2.19 bits per heavy atom. The lowest BCUT2D eigenvalue weighted by Crippen LogP contribution is -1.98. The van der Waals surface area contributed by atoms with Crippen LogP contribution < -0.4 is 0 Å². The van der Waals surface area contributed by atoms with Gasteiger partial charge >= 0.3 is 0 Å². The van der Waals surface area contributed by atoms with E-state index in [4.69, 9.17) is 5.10 Å². The average molecular weight is 349 g/mol. The largest absolute Gasteiger partial charge is 0.350 e. The molecule has 0 bridgehead atoms. The first kappa shape index (κ1) is 15.6. The molecule has 0 radical (unpaired) electrons. The zero-order chi connectivity index (χ0) is 18.2. The smallest absolute Gasteiger partial charge is 0.0934 e. The van der Waals surface area contributed by atoms with Crippen molar-refractivity contribution in [1.29, 1.82) is 0 Å². The molecule has 0 aliphatic carbocycles. The second kappa shape index (κ2) is 6.29. The van der Waals surface area contributed by atoms with Crippen molar-refractivity contribution in [2.24, 2.45) is 7.05 Å². The summed E-state index contributed by atoms with van der Waals surface area (Å²) in [5.41, 5.74) is 6.65. The normalized spacial score (nSPS) is 11.1. The number of fused-ring (bicyclic) bond motifs is 1. The number of aryl methyl sites for hydroxylation is 1. The molecule has 0 atom stereocenters. The highest BCUT2D eigenvalue weighted by Crippen LogP contribution is 2.34. The average Bonchev–Trinajstić information content (AvgIpc) is 3.31. The van der Waals surface area contributed by atoms with E-state index in [0.29, 0.717) is 0 Å². The van der Waals surface area contributed by atoms with Gasteiger partial charge in [0.2, 0.25) is 0 Å². The molecule has 3 nitrogen and oxygen atoms in total. The van der Waals surface area contributed by atoms with Gasteiger partial charge in [-0.2, -0.15) is 5.10 Å². The number of benzene rings is 3. The molecule has 2 heterocycles. The number of hydrogen-bond donors (Lipinski definition) is 0. The molecule has 27 heavy (non-hydrogen) atoms. The predicted molar refractivity (Wildman–Crippen MR) is 111 cm³/mol. The van der Waals surface area contributed by atoms with Gasteiger partial charge in [-0.3, -0.25) is 0 Å². The molecule has 0 unspecified atom stereocenters. The summed E-state index contributed by atoms with van der Waals surface area (Å²) in [5, 5.41) is 6.18. The summed E-state index contributed by atoms with van der Waals surface area (Å²) in [6.45, 7) is 0. The molecule has 2 aromatic heterocycles. The molecule has 130 valence electrons. The Bertz CT molecular complexity index is 1210. The first-order chi connectivity index (χ1) is 13.3. The maximum absolute atomic E-state index is 4.95. The van der Waals surface area contributed by atoms with Crippen LogP contribution in [0.4, 0.5) is 0 Å². The van der Waals surface area contributed by atoms with Gasteiger partial charge in [-0.25, -0.2) is 4.68 Å². The van der Waals surface area contributed by atoms with E-state index >= 15 is 0 Å². The van der Waals surface area contributed by atoms with Gasteiger partial charge < -0.3 is 4.57 Å². The molecule has 5 rings (SSSR count). The Hall–Kier alpha value is -3.59. The Balaban J connectivity index is 1.79. The van der Waals surface area contributed by atoms with E-state index < -0.39 is 0 Å². The van der Waals surface area contributed by atoms with Gasteiger partial charge in [-0.15, -0.1) is 0 Å². The fourth-order valence-electron chi connectivity index (χ4n) is 3.63. The second-order valence-corrected chi connectivity index (χ2v) is 6.70. The Morgan fingerprint density at radius 2 is 1.41 bits per heavy atom. The summed E-state index contributed by atoms with van der Waals surface area (Å²) in [6.07, 6.45) is 2.19. The summed E-state index contributed by atoms with van der Waals surface area (Å²) in [5.74, 6) is 0. The highest BCUT2D eigenvalue weighted by atomic mass is 15.3. The van der Waals surface area contributed by atoms with Crippen LogP contribution in [-0.4, -0.2) is 14.3 Å². The van der Waals surface area contributed by atoms with Crippen molar-refractivity contribution >= 4 is 10.9 Å². The maximum atomic E-state index is 4.95. The highest BCUT2D eigenvalue weighted by molar-refractivity contribution is 5.96. The van der Waals surface area contributed by atoms with Gasteiger partial charge in [0.05, 0.1) is 17.1 Å². The molecular formula is C24H19N3. The number of para-hydroxylation sites is 2. The van der Waals surface area contributed by atoms with Crippen LogP contribution in [-0.2, 0) is 7.05 Å². The molecule has 0 aliphatic heterocycles. The maximum Gasteiger partial charge on any atom is 0.0934 e. The van der Waals surface area contributed by atoms with E-state index in [-0.39, 0.29) is 0 Å². The van der Waals surface area contributed by atoms with Crippen molar-refractivity contribution in [2.75, 3.05) is 0 Å². The summed E-state index contributed by atoms with van der Waals surface area (Å²) >= 11 is 0. The summed E-state index contributed by atoms with van der Waals surface area (Å²) in [6, 6.07) is 31.3. The third-order valence-electron chi connectivity index (χ3n) is 4.95. The van der Waals surface area contributed by atoms with E-state index in [0.717, 1.165) is 22.6 Å². The first-order valence-electron chi connectivity index (χ1n) is 9.06. The van der Waals surface area contributed by atoms with Gasteiger partial charge in [0, 0.05) is 35.3 Å². The van der Waals surface area contributed by atoms with Gasteiger partial charge in [0.25, 0.3) is 0 Å². The lowest BCUT2D eigenvalue weighted by molar-refractivity contribution is 0.890. The minimum absolute atomic E-state index is 0.974. The van der Waals surface area contributed by atoms with Crippen molar-refractivity contribution in [3.63, 3.8) is 0 Å². The molecule has 5 aromatic rings. The molecule has 0 aliphatic rings. The molecule has 0 saturated heterocycles. The molecular weight excluding hydrogens is 330 g/mol. The zero-order valence-corrected chi connectivity index (χ0v) is 15.1. The zero-order valence-electron chi connectivity index (χ0n) is 15.1. The first-order valence-corrected chi connectivity index (χ1v) is 9.06. The Labute approximate surface area is 158 Å². The molecule has 0 N–H and O–H groups in total. The molecule has 0 spiro atoms. The molecule has 3 heteroatoms. The van der Waals surface area contributed by atoms with E-state index in [1.807, 2.05) is 28.9 Å². The molecule has 0 amide bonds. The van der Waals surface area contributed by atoms with Crippen LogP contribution in [0.2, 0.25) is 0 Å². The van der Waals surface area contributed by atoms with Gasteiger partial charge in [0.1, 0.15) is 0 Å². The molecule has 3 aromatic carbocycles. The lowest BCUT2D eigenvalue weighted by Gasteiger charge is -2.06. The highest BCUT2D eigenvalue weighted by Gasteiger charge is 2.17. The number of rotatable bonds is 3. The molecule has 0 fully saturated rings. The lowest BCUT2D eigenvalue weighted by atomic mass is 10.1. The number of aromatic nitrogens is 3. The van der Waals surface area contributed by atoms with Crippen molar-refractivity contribution in [1.82, 2.24) is 14.3 Å². The van der Waals surface area contributed by atoms with Crippen LogP contribution >= 0.6 is 0 Å². The minimum atomic E-state index is 0.974. The summed E-state index contributed by atoms with van der Waals surface area (Å²) < 4.78 is 4.22. The Kier molecular flexibility index (Phi) is 3.65. The number of hydrogen-bond acceptors (Lipinski definition) is 1. The van der Waals surface area contributed by atoms with Gasteiger partial charge in [-0.1, -0.05) is 66.7 Å². The topological polar surface area (TPSA) is 22.8 Å². The van der Waals surface area contributed by atoms with Gasteiger partial charge in [-0.05, 0) is 24.3 Å². The third-order valence-corrected chi connectivity index (χ3v) is 4.95. The van der Waals surface area contributed by atoms with Gasteiger partial charge in [0.15, 0.2) is 0 Å². The summed E-state index contributed by atoms with van der Waals surface area (Å²) in [4.78, 5) is 0. The van der Waals surface area contributed by atoms with Crippen molar-refractivity contribution in [3.8, 4) is 28.2 Å². The van der Waals surface area contributed by atoms with E-state index in [2.05, 4.69) is 84.5 Å². The predicted octanol–water partition coefficient (Wildman–Crippen LogP) is 5.70. The standard InChI is InChI=1S/C24H19N3/c1-26-17-21(20-14-8-9-15-23(20)26)24-16-22(18-10-4-2-5-11-18)25-27(24)19-12-6-3-7-13-19/h2-17H,1H3. The van der Waals surface area contributed by atoms with E-state index in [9.17, 15) is 0 Å². The van der Waals surface area contributed by atoms with Crippen LogP contribution in [0, 0.1) is 0 Å². The van der Waals surface area contributed by atoms with Crippen LogP contribution in [0.5, 0.6) is 0 Å². The van der Waals surface area contributed by atoms with Crippen LogP contribution in [0.25, 0.3) is 39.1 Å². The van der Waals surface area contributed by atoms with Crippen molar-refractivity contribution in [3.05, 3.63) is 97.2 Å². The van der Waals surface area contributed by atoms with Crippen LogP contribution in [0.15, 0.2) is 97.2 Å². The van der Waals surface area contributed by atoms with Crippen LogP contribution in [0.1, 0.15) is 0 Å². The third kappa shape index (κ3) is 2.64.